The van der Waals surface area contributed by atoms with Gasteiger partial charge in [0.15, 0.2) is 11.5 Å². The summed E-state index contributed by atoms with van der Waals surface area (Å²) >= 11 is 0. The van der Waals surface area contributed by atoms with Crippen molar-refractivity contribution in [3.63, 3.8) is 0 Å². The van der Waals surface area contributed by atoms with Crippen molar-refractivity contribution in [1.82, 2.24) is 10.3 Å². The quantitative estimate of drug-likeness (QED) is 0.917. The lowest BCUT2D eigenvalue weighted by atomic mass is 10.2. The fourth-order valence-corrected chi connectivity index (χ4v) is 2.05. The zero-order valence-corrected chi connectivity index (χ0v) is 10.8. The zero-order chi connectivity index (χ0) is 13.8. The molecule has 1 aromatic carbocycles. The van der Waals surface area contributed by atoms with E-state index in [4.69, 9.17) is 14.7 Å². The first-order chi connectivity index (χ1) is 9.85. The summed E-state index contributed by atoms with van der Waals surface area (Å²) in [5.74, 6) is 1.58. The van der Waals surface area contributed by atoms with E-state index in [0.717, 1.165) is 29.2 Å². The molecule has 0 aliphatic carbocycles. The van der Waals surface area contributed by atoms with Crippen LogP contribution in [-0.4, -0.2) is 11.8 Å². The van der Waals surface area contributed by atoms with Crippen LogP contribution in [0.4, 0.5) is 0 Å². The van der Waals surface area contributed by atoms with Crippen LogP contribution in [0.5, 0.6) is 11.5 Å². The van der Waals surface area contributed by atoms with E-state index in [2.05, 4.69) is 10.3 Å². The second-order valence-corrected chi connectivity index (χ2v) is 4.45. The number of pyridine rings is 1. The van der Waals surface area contributed by atoms with E-state index in [1.807, 2.05) is 30.3 Å². The van der Waals surface area contributed by atoms with Gasteiger partial charge in [0.05, 0.1) is 0 Å². The molecule has 2 aromatic rings. The Bertz CT molecular complexity index is 664. The monoisotopic (exact) mass is 267 g/mol. The Morgan fingerprint density at radius 1 is 1.10 bits per heavy atom. The van der Waals surface area contributed by atoms with Crippen molar-refractivity contribution in [2.24, 2.45) is 0 Å². The number of hydrogen-bond donors (Lipinski definition) is 1. The molecule has 100 valence electrons. The molecule has 0 amide bonds. The average molecular weight is 267 g/mol. The number of ether oxygens (including phenoxy) is 2. The lowest BCUT2D eigenvalue weighted by Gasteiger charge is -2.06. The standard InChI is InChI=1S/C15H13N3O2/c16-7-13-5-12(3-4-18-13)9-17-8-11-1-2-14-15(6-11)20-10-19-14/h1-6,17H,8-10H2. The molecule has 0 atom stereocenters. The van der Waals surface area contributed by atoms with E-state index in [0.29, 0.717) is 19.0 Å². The first kappa shape index (κ1) is 12.5. The molecule has 5 heteroatoms. The Hall–Kier alpha value is -2.58. The highest BCUT2D eigenvalue weighted by atomic mass is 16.7. The molecule has 1 aromatic heterocycles. The minimum atomic E-state index is 0.292. The van der Waals surface area contributed by atoms with Gasteiger partial charge in [0.25, 0.3) is 0 Å². The highest BCUT2D eigenvalue weighted by Gasteiger charge is 2.12. The maximum absolute atomic E-state index is 8.80. The second-order valence-electron chi connectivity index (χ2n) is 4.45. The van der Waals surface area contributed by atoms with Crippen LogP contribution in [0, 0.1) is 11.3 Å². The summed E-state index contributed by atoms with van der Waals surface area (Å²) in [5.41, 5.74) is 2.61. The Balaban J connectivity index is 1.58. The zero-order valence-electron chi connectivity index (χ0n) is 10.8. The topological polar surface area (TPSA) is 67.2 Å². The predicted molar refractivity (Wildman–Crippen MR) is 72.1 cm³/mol. The number of aromatic nitrogens is 1. The van der Waals surface area contributed by atoms with Crippen molar-refractivity contribution in [2.75, 3.05) is 6.79 Å². The number of hydrogen-bond acceptors (Lipinski definition) is 5. The molecule has 0 radical (unpaired) electrons. The first-order valence-electron chi connectivity index (χ1n) is 6.29. The molecule has 1 aliphatic heterocycles. The molecule has 20 heavy (non-hydrogen) atoms. The van der Waals surface area contributed by atoms with E-state index in [1.165, 1.54) is 0 Å². The van der Waals surface area contributed by atoms with E-state index in [1.54, 1.807) is 12.3 Å². The summed E-state index contributed by atoms with van der Waals surface area (Å²) < 4.78 is 10.6. The molecule has 2 heterocycles. The summed E-state index contributed by atoms with van der Waals surface area (Å²) in [4.78, 5) is 3.94. The van der Waals surface area contributed by atoms with Crippen LogP contribution in [0.3, 0.4) is 0 Å². The summed E-state index contributed by atoms with van der Waals surface area (Å²) in [6.07, 6.45) is 1.65. The molecule has 0 fully saturated rings. The van der Waals surface area contributed by atoms with Gasteiger partial charge in [0, 0.05) is 19.3 Å². The van der Waals surface area contributed by atoms with Crippen LogP contribution in [0.25, 0.3) is 0 Å². The molecule has 0 saturated carbocycles. The predicted octanol–water partition coefficient (Wildman–Crippen LogP) is 1.97. The van der Waals surface area contributed by atoms with Gasteiger partial charge in [-0.2, -0.15) is 5.26 Å². The Morgan fingerprint density at radius 2 is 1.90 bits per heavy atom. The number of benzene rings is 1. The normalized spacial score (nSPS) is 12.2. The number of fused-ring (bicyclic) bond motifs is 1. The van der Waals surface area contributed by atoms with E-state index >= 15 is 0 Å². The van der Waals surface area contributed by atoms with Crippen molar-refractivity contribution >= 4 is 0 Å². The Morgan fingerprint density at radius 3 is 2.75 bits per heavy atom. The highest BCUT2D eigenvalue weighted by molar-refractivity contribution is 5.44. The third-order valence-electron chi connectivity index (χ3n) is 3.03. The van der Waals surface area contributed by atoms with Gasteiger partial charge >= 0.3 is 0 Å². The number of nitrogens with zero attached hydrogens (tertiary/aromatic N) is 2. The average Bonchev–Trinajstić information content (AvgIpc) is 2.95. The van der Waals surface area contributed by atoms with Crippen LogP contribution < -0.4 is 14.8 Å². The van der Waals surface area contributed by atoms with E-state index in [9.17, 15) is 0 Å². The molecule has 5 nitrogen and oxygen atoms in total. The lowest BCUT2D eigenvalue weighted by Crippen LogP contribution is -2.12. The molecule has 1 aliphatic rings. The SMILES string of the molecule is N#Cc1cc(CNCc2ccc3c(c2)OCO3)ccn1. The van der Waals surface area contributed by atoms with Crippen molar-refractivity contribution in [1.29, 1.82) is 5.26 Å². The van der Waals surface area contributed by atoms with Gasteiger partial charge in [0.2, 0.25) is 6.79 Å². The Kier molecular flexibility index (Phi) is 3.48. The van der Waals surface area contributed by atoms with Gasteiger partial charge in [-0.25, -0.2) is 4.98 Å². The van der Waals surface area contributed by atoms with Crippen LogP contribution >= 0.6 is 0 Å². The number of nitriles is 1. The molecule has 0 bridgehead atoms. The lowest BCUT2D eigenvalue weighted by molar-refractivity contribution is 0.174. The maximum Gasteiger partial charge on any atom is 0.231 e. The van der Waals surface area contributed by atoms with E-state index in [-0.39, 0.29) is 0 Å². The van der Waals surface area contributed by atoms with Crippen LogP contribution in [-0.2, 0) is 13.1 Å². The van der Waals surface area contributed by atoms with E-state index < -0.39 is 0 Å². The molecule has 0 unspecified atom stereocenters. The van der Waals surface area contributed by atoms with Gasteiger partial charge < -0.3 is 14.8 Å². The smallest absolute Gasteiger partial charge is 0.231 e. The third-order valence-corrected chi connectivity index (χ3v) is 3.03. The summed E-state index contributed by atoms with van der Waals surface area (Å²) in [5, 5.41) is 12.1. The minimum Gasteiger partial charge on any atom is -0.454 e. The fourth-order valence-electron chi connectivity index (χ4n) is 2.05. The largest absolute Gasteiger partial charge is 0.454 e. The van der Waals surface area contributed by atoms with Crippen LogP contribution in [0.2, 0.25) is 0 Å². The third kappa shape index (κ3) is 2.71. The fraction of sp³-hybridized carbons (Fsp3) is 0.200. The van der Waals surface area contributed by atoms with Gasteiger partial charge in [-0.05, 0) is 35.4 Å². The van der Waals surface area contributed by atoms with Crippen molar-refractivity contribution in [3.05, 3.63) is 53.3 Å². The first-order valence-corrected chi connectivity index (χ1v) is 6.29. The molecule has 1 N–H and O–H groups in total. The van der Waals surface area contributed by atoms with Crippen molar-refractivity contribution in [3.8, 4) is 17.6 Å². The maximum atomic E-state index is 8.80. The second kappa shape index (κ2) is 5.59. The van der Waals surface area contributed by atoms with Gasteiger partial charge in [-0.3, -0.25) is 0 Å². The van der Waals surface area contributed by atoms with Crippen LogP contribution in [0.15, 0.2) is 36.5 Å². The van der Waals surface area contributed by atoms with Crippen molar-refractivity contribution < 1.29 is 9.47 Å². The number of rotatable bonds is 4. The van der Waals surface area contributed by atoms with Gasteiger partial charge in [0.1, 0.15) is 11.8 Å². The molecule has 0 saturated heterocycles. The minimum absolute atomic E-state index is 0.292. The summed E-state index contributed by atoms with van der Waals surface area (Å²) in [6, 6.07) is 11.6. The number of nitrogens with one attached hydrogen (secondary N) is 1. The molecule has 3 rings (SSSR count). The molecule has 0 spiro atoms. The Labute approximate surface area is 116 Å². The molecular weight excluding hydrogens is 254 g/mol. The molecular formula is C15H13N3O2. The summed E-state index contributed by atoms with van der Waals surface area (Å²) in [6.45, 7) is 1.70. The highest BCUT2D eigenvalue weighted by Crippen LogP contribution is 2.32. The van der Waals surface area contributed by atoms with Gasteiger partial charge in [-0.1, -0.05) is 6.07 Å². The van der Waals surface area contributed by atoms with Crippen LogP contribution in [0.1, 0.15) is 16.8 Å². The van der Waals surface area contributed by atoms with Crippen molar-refractivity contribution in [2.45, 2.75) is 13.1 Å². The van der Waals surface area contributed by atoms with Gasteiger partial charge in [-0.15, -0.1) is 0 Å². The summed E-state index contributed by atoms with van der Waals surface area (Å²) in [7, 11) is 0.